The minimum Gasteiger partial charge on any atom is -0.483 e. The van der Waals surface area contributed by atoms with Gasteiger partial charge in [0, 0.05) is 18.0 Å². The molecule has 146 valence electrons. The van der Waals surface area contributed by atoms with Crippen molar-refractivity contribution in [3.05, 3.63) is 39.9 Å². The van der Waals surface area contributed by atoms with E-state index in [9.17, 15) is 18.0 Å². The zero-order valence-electron chi connectivity index (χ0n) is 14.7. The molecule has 0 aliphatic heterocycles. The van der Waals surface area contributed by atoms with Crippen LogP contribution in [0.5, 0.6) is 5.75 Å². The Morgan fingerprint density at radius 3 is 2.67 bits per heavy atom. The van der Waals surface area contributed by atoms with Gasteiger partial charge in [-0.15, -0.1) is 0 Å². The first-order valence-electron chi connectivity index (χ1n) is 8.28. The quantitative estimate of drug-likeness (QED) is 0.705. The van der Waals surface area contributed by atoms with Gasteiger partial charge < -0.3 is 10.1 Å². The fraction of sp³-hybridized carbons (Fsp3) is 0.471. The van der Waals surface area contributed by atoms with Crippen LogP contribution in [0.25, 0.3) is 0 Å². The number of nitrogens with zero attached hydrogens (tertiary/aromatic N) is 2. The van der Waals surface area contributed by atoms with Gasteiger partial charge in [-0.3, -0.25) is 9.89 Å². The summed E-state index contributed by atoms with van der Waals surface area (Å²) in [6.45, 7) is 2.30. The summed E-state index contributed by atoms with van der Waals surface area (Å²) in [7, 11) is 0. The fourth-order valence-electron chi connectivity index (χ4n) is 2.83. The average Bonchev–Trinajstić information content (AvgIpc) is 3.35. The highest BCUT2D eigenvalue weighted by Crippen LogP contribution is 2.45. The third-order valence-corrected chi connectivity index (χ3v) is 5.04. The van der Waals surface area contributed by atoms with Crippen molar-refractivity contribution in [3.8, 4) is 5.75 Å². The second-order valence-corrected chi connectivity index (χ2v) is 7.63. The number of hydrogen-bond donors (Lipinski definition) is 2. The van der Waals surface area contributed by atoms with Gasteiger partial charge in [0.15, 0.2) is 6.61 Å². The molecule has 0 bridgehead atoms. The van der Waals surface area contributed by atoms with E-state index in [0.29, 0.717) is 5.69 Å². The van der Waals surface area contributed by atoms with Crippen LogP contribution in [0.4, 0.5) is 13.2 Å². The van der Waals surface area contributed by atoms with E-state index >= 15 is 0 Å². The van der Waals surface area contributed by atoms with E-state index in [2.05, 4.69) is 36.4 Å². The molecule has 0 aromatic carbocycles. The van der Waals surface area contributed by atoms with Gasteiger partial charge in [-0.2, -0.15) is 18.3 Å². The highest BCUT2D eigenvalue weighted by atomic mass is 79.9. The van der Waals surface area contributed by atoms with Gasteiger partial charge in [0.2, 0.25) is 0 Å². The zero-order chi connectivity index (χ0) is 19.8. The SMILES string of the molecule is Cc1cc(C(C)(NC(=O)c2cc(OCC(F)(F)F)c(Br)cn2)C2CC2)n[nH]1. The summed E-state index contributed by atoms with van der Waals surface area (Å²) in [6, 6.07) is 3.06. The summed E-state index contributed by atoms with van der Waals surface area (Å²) in [5.74, 6) is -0.369. The lowest BCUT2D eigenvalue weighted by atomic mass is 9.91. The molecule has 1 atom stereocenters. The van der Waals surface area contributed by atoms with Crippen LogP contribution in [0.2, 0.25) is 0 Å². The maximum absolute atomic E-state index is 12.7. The molecule has 0 radical (unpaired) electrons. The molecule has 2 N–H and O–H groups in total. The molecule has 1 unspecified atom stereocenters. The number of hydrogen-bond acceptors (Lipinski definition) is 4. The molecule has 1 aliphatic carbocycles. The van der Waals surface area contributed by atoms with Gasteiger partial charge in [-0.25, -0.2) is 4.98 Å². The van der Waals surface area contributed by atoms with E-state index in [1.54, 1.807) is 0 Å². The molecular formula is C17H18BrF3N4O2. The van der Waals surface area contributed by atoms with E-state index in [1.165, 1.54) is 12.3 Å². The predicted molar refractivity (Wildman–Crippen MR) is 94.4 cm³/mol. The number of aromatic nitrogens is 3. The minimum atomic E-state index is -4.48. The number of ether oxygens (including phenoxy) is 1. The van der Waals surface area contributed by atoms with Crippen molar-refractivity contribution in [3.63, 3.8) is 0 Å². The highest BCUT2D eigenvalue weighted by molar-refractivity contribution is 9.10. The molecule has 1 fully saturated rings. The van der Waals surface area contributed by atoms with Gasteiger partial charge in [-0.05, 0) is 54.6 Å². The van der Waals surface area contributed by atoms with Crippen LogP contribution < -0.4 is 10.1 Å². The molecular weight excluding hydrogens is 429 g/mol. The maximum Gasteiger partial charge on any atom is 0.422 e. The smallest absolute Gasteiger partial charge is 0.422 e. The number of carbonyl (C=O) groups excluding carboxylic acids is 1. The van der Waals surface area contributed by atoms with Crippen LogP contribution >= 0.6 is 15.9 Å². The number of pyridine rings is 1. The Balaban J connectivity index is 1.80. The molecule has 1 aliphatic rings. The Hall–Kier alpha value is -2.10. The molecule has 0 saturated heterocycles. The van der Waals surface area contributed by atoms with E-state index in [4.69, 9.17) is 4.74 Å². The van der Waals surface area contributed by atoms with E-state index in [0.717, 1.165) is 18.5 Å². The van der Waals surface area contributed by atoms with Gasteiger partial charge in [0.25, 0.3) is 5.91 Å². The normalized spacial score (nSPS) is 16.7. The Kier molecular flexibility index (Phi) is 5.20. The third-order valence-electron chi connectivity index (χ3n) is 4.45. The van der Waals surface area contributed by atoms with Gasteiger partial charge in [0.1, 0.15) is 11.4 Å². The summed E-state index contributed by atoms with van der Waals surface area (Å²) >= 11 is 3.08. The molecule has 3 rings (SSSR count). The summed E-state index contributed by atoms with van der Waals surface area (Å²) in [5, 5.41) is 10.1. The molecule has 0 spiro atoms. The van der Waals surface area contributed by atoms with E-state index < -0.39 is 24.2 Å². The second-order valence-electron chi connectivity index (χ2n) is 6.77. The third kappa shape index (κ3) is 4.60. The molecule has 1 saturated carbocycles. The average molecular weight is 447 g/mol. The van der Waals surface area contributed by atoms with Crippen LogP contribution in [-0.2, 0) is 5.54 Å². The van der Waals surface area contributed by atoms with Crippen molar-refractivity contribution >= 4 is 21.8 Å². The van der Waals surface area contributed by atoms with Crippen LogP contribution in [0.15, 0.2) is 22.8 Å². The van der Waals surface area contributed by atoms with Crippen molar-refractivity contribution < 1.29 is 22.7 Å². The Morgan fingerprint density at radius 2 is 2.11 bits per heavy atom. The summed E-state index contributed by atoms with van der Waals surface area (Å²) in [4.78, 5) is 16.7. The summed E-state index contributed by atoms with van der Waals surface area (Å²) in [5.41, 5.74) is 0.857. The second kappa shape index (κ2) is 7.14. The molecule has 2 aromatic heterocycles. The van der Waals surface area contributed by atoms with Gasteiger partial charge in [-0.1, -0.05) is 0 Å². The first-order chi connectivity index (χ1) is 12.6. The van der Waals surface area contributed by atoms with Crippen molar-refractivity contribution in [1.82, 2.24) is 20.5 Å². The van der Waals surface area contributed by atoms with Crippen molar-refractivity contribution in [2.45, 2.75) is 38.4 Å². The molecule has 1 amide bonds. The number of aromatic amines is 1. The number of nitrogens with one attached hydrogen (secondary N) is 2. The molecule has 2 aromatic rings. The lowest BCUT2D eigenvalue weighted by Crippen LogP contribution is -2.46. The zero-order valence-corrected chi connectivity index (χ0v) is 16.2. The first-order valence-corrected chi connectivity index (χ1v) is 9.08. The summed E-state index contributed by atoms with van der Waals surface area (Å²) < 4.78 is 42.2. The number of aryl methyl sites for hydroxylation is 1. The Bertz CT molecular complexity index is 851. The lowest BCUT2D eigenvalue weighted by molar-refractivity contribution is -0.153. The van der Waals surface area contributed by atoms with Crippen LogP contribution in [0.1, 0.15) is 41.6 Å². The minimum absolute atomic E-state index is 0.0329. The number of alkyl halides is 3. The van der Waals surface area contributed by atoms with E-state index in [-0.39, 0.29) is 21.8 Å². The topological polar surface area (TPSA) is 79.9 Å². The van der Waals surface area contributed by atoms with Gasteiger partial charge >= 0.3 is 6.18 Å². The van der Waals surface area contributed by atoms with E-state index in [1.807, 2.05) is 19.9 Å². The number of amides is 1. The Morgan fingerprint density at radius 1 is 1.41 bits per heavy atom. The maximum atomic E-state index is 12.7. The molecule has 2 heterocycles. The lowest BCUT2D eigenvalue weighted by Gasteiger charge is -2.29. The predicted octanol–water partition coefficient (Wildman–Crippen LogP) is 3.87. The van der Waals surface area contributed by atoms with Gasteiger partial charge in [0.05, 0.1) is 15.7 Å². The molecule has 10 heteroatoms. The number of H-pyrrole nitrogens is 1. The van der Waals surface area contributed by atoms with Crippen LogP contribution in [0, 0.1) is 12.8 Å². The van der Waals surface area contributed by atoms with Crippen LogP contribution in [0.3, 0.4) is 0 Å². The van der Waals surface area contributed by atoms with Crippen molar-refractivity contribution in [1.29, 1.82) is 0 Å². The van der Waals surface area contributed by atoms with Crippen molar-refractivity contribution in [2.24, 2.45) is 5.92 Å². The molecule has 6 nitrogen and oxygen atoms in total. The summed E-state index contributed by atoms with van der Waals surface area (Å²) in [6.07, 6.45) is -1.33. The number of rotatable bonds is 6. The molecule has 27 heavy (non-hydrogen) atoms. The first kappa shape index (κ1) is 19.7. The Labute approximate surface area is 162 Å². The standard InChI is InChI=1S/C17H18BrF3N4O2/c1-9-5-14(25-24-9)16(2,10-3-4-10)23-15(26)12-6-13(11(18)7-22-12)27-8-17(19,20)21/h5-7,10H,3-4,8H2,1-2H3,(H,23,26)(H,24,25). The monoisotopic (exact) mass is 446 g/mol. The van der Waals surface area contributed by atoms with Crippen molar-refractivity contribution in [2.75, 3.05) is 6.61 Å². The highest BCUT2D eigenvalue weighted by Gasteiger charge is 2.45. The number of carbonyl (C=O) groups is 1. The fourth-order valence-corrected chi connectivity index (χ4v) is 3.17. The van der Waals surface area contributed by atoms with Crippen LogP contribution in [-0.4, -0.2) is 33.9 Å². The largest absolute Gasteiger partial charge is 0.483 e. The number of halogens is 4.